The minimum absolute atomic E-state index is 0.173. The Bertz CT molecular complexity index is 390. The molecule has 0 fully saturated rings. The van der Waals surface area contributed by atoms with Crippen molar-refractivity contribution in [3.05, 3.63) is 29.8 Å². The molecule has 0 aliphatic heterocycles. The van der Waals surface area contributed by atoms with Crippen LogP contribution in [0.25, 0.3) is 0 Å². The van der Waals surface area contributed by atoms with Gasteiger partial charge in [0.15, 0.2) is 0 Å². The summed E-state index contributed by atoms with van der Waals surface area (Å²) in [6.45, 7) is 8.42. The average Bonchev–Trinajstić information content (AvgIpc) is 2.35. The Morgan fingerprint density at radius 2 is 2.11 bits per heavy atom. The van der Waals surface area contributed by atoms with Gasteiger partial charge in [0, 0.05) is 5.69 Å². The second kappa shape index (κ2) is 7.04. The number of hydrogen-bond donors (Lipinski definition) is 1. The third kappa shape index (κ3) is 4.06. The van der Waals surface area contributed by atoms with E-state index in [0.29, 0.717) is 6.61 Å². The van der Waals surface area contributed by atoms with Gasteiger partial charge >= 0.3 is 5.97 Å². The van der Waals surface area contributed by atoms with Crippen LogP contribution < -0.4 is 5.32 Å². The quantitative estimate of drug-likeness (QED) is 0.785. The van der Waals surface area contributed by atoms with Gasteiger partial charge in [0.25, 0.3) is 0 Å². The van der Waals surface area contributed by atoms with E-state index in [0.717, 1.165) is 12.1 Å². The first-order chi connectivity index (χ1) is 8.58. The number of aryl methyl sites for hydroxylation is 1. The van der Waals surface area contributed by atoms with Gasteiger partial charge in [0.1, 0.15) is 6.04 Å². The molecule has 0 radical (unpaired) electrons. The van der Waals surface area contributed by atoms with Gasteiger partial charge in [-0.3, -0.25) is 0 Å². The molecule has 0 aliphatic carbocycles. The number of carbonyl (C=O) groups is 1. The molecule has 1 aromatic rings. The normalized spacial score (nSPS) is 13.8. The molecule has 0 aliphatic rings. The number of anilines is 1. The summed E-state index contributed by atoms with van der Waals surface area (Å²) < 4.78 is 5.13. The van der Waals surface area contributed by atoms with Crippen LogP contribution in [0.4, 0.5) is 5.69 Å². The highest BCUT2D eigenvalue weighted by Crippen LogP contribution is 2.17. The fraction of sp³-hybridized carbons (Fsp3) is 0.533. The lowest BCUT2D eigenvalue weighted by molar-refractivity contribution is -0.145. The Morgan fingerprint density at radius 3 is 2.67 bits per heavy atom. The topological polar surface area (TPSA) is 38.3 Å². The van der Waals surface area contributed by atoms with Crippen molar-refractivity contribution in [2.45, 2.75) is 40.2 Å². The first-order valence-corrected chi connectivity index (χ1v) is 6.58. The standard InChI is InChI=1S/C15H23NO2/c1-5-12(4)14(15(17)18-6-2)16-13-9-7-8-11(3)10-13/h7-10,12,14,16H,5-6H2,1-4H3. The van der Waals surface area contributed by atoms with Crippen LogP contribution in [0, 0.1) is 12.8 Å². The molecule has 18 heavy (non-hydrogen) atoms. The zero-order valence-electron chi connectivity index (χ0n) is 11.7. The number of hydrogen-bond acceptors (Lipinski definition) is 3. The molecule has 3 heteroatoms. The molecule has 0 amide bonds. The summed E-state index contributed by atoms with van der Waals surface area (Å²) in [6.07, 6.45) is 0.933. The van der Waals surface area contributed by atoms with Crippen molar-refractivity contribution in [2.24, 2.45) is 5.92 Å². The van der Waals surface area contributed by atoms with E-state index >= 15 is 0 Å². The summed E-state index contributed by atoms with van der Waals surface area (Å²) in [6, 6.07) is 7.75. The Balaban J connectivity index is 2.81. The lowest BCUT2D eigenvalue weighted by atomic mass is 9.99. The second-order valence-electron chi connectivity index (χ2n) is 4.63. The molecule has 2 unspecified atom stereocenters. The van der Waals surface area contributed by atoms with Gasteiger partial charge in [-0.2, -0.15) is 0 Å². The lowest BCUT2D eigenvalue weighted by Crippen LogP contribution is -2.37. The van der Waals surface area contributed by atoms with Crippen molar-refractivity contribution in [3.63, 3.8) is 0 Å². The molecule has 0 spiro atoms. The first kappa shape index (κ1) is 14.6. The van der Waals surface area contributed by atoms with Crippen LogP contribution in [-0.4, -0.2) is 18.6 Å². The average molecular weight is 249 g/mol. The number of ether oxygens (including phenoxy) is 1. The molecule has 0 heterocycles. The maximum absolute atomic E-state index is 11.9. The predicted octanol–water partition coefficient (Wildman–Crippen LogP) is 3.38. The van der Waals surface area contributed by atoms with Crippen molar-refractivity contribution in [1.82, 2.24) is 0 Å². The molecule has 2 atom stereocenters. The molecule has 3 nitrogen and oxygen atoms in total. The number of rotatable bonds is 6. The highest BCUT2D eigenvalue weighted by molar-refractivity contribution is 5.79. The summed E-state index contributed by atoms with van der Waals surface area (Å²) in [5.74, 6) is 0.0675. The van der Waals surface area contributed by atoms with Gasteiger partial charge in [0.2, 0.25) is 0 Å². The van der Waals surface area contributed by atoms with Crippen molar-refractivity contribution >= 4 is 11.7 Å². The second-order valence-corrected chi connectivity index (χ2v) is 4.63. The van der Waals surface area contributed by atoms with Gasteiger partial charge in [-0.25, -0.2) is 4.79 Å². The third-order valence-corrected chi connectivity index (χ3v) is 3.09. The number of esters is 1. The molecule has 0 bridgehead atoms. The molecule has 0 aromatic heterocycles. The molecule has 100 valence electrons. The number of benzene rings is 1. The fourth-order valence-corrected chi connectivity index (χ4v) is 1.82. The Hall–Kier alpha value is -1.51. The van der Waals surface area contributed by atoms with Crippen LogP contribution in [0.5, 0.6) is 0 Å². The van der Waals surface area contributed by atoms with Crippen LogP contribution >= 0.6 is 0 Å². The molecule has 1 aromatic carbocycles. The highest BCUT2D eigenvalue weighted by atomic mass is 16.5. The molecular formula is C15H23NO2. The van der Waals surface area contributed by atoms with E-state index < -0.39 is 0 Å². The van der Waals surface area contributed by atoms with E-state index in [4.69, 9.17) is 4.74 Å². The van der Waals surface area contributed by atoms with Gasteiger partial charge in [0.05, 0.1) is 6.61 Å². The van der Waals surface area contributed by atoms with Gasteiger partial charge in [-0.05, 0) is 37.5 Å². The summed E-state index contributed by atoms with van der Waals surface area (Å²) in [7, 11) is 0. The first-order valence-electron chi connectivity index (χ1n) is 6.58. The molecule has 1 rings (SSSR count). The monoisotopic (exact) mass is 249 g/mol. The van der Waals surface area contributed by atoms with Crippen molar-refractivity contribution in [3.8, 4) is 0 Å². The van der Waals surface area contributed by atoms with E-state index in [1.165, 1.54) is 5.56 Å². The summed E-state index contributed by atoms with van der Waals surface area (Å²) in [5.41, 5.74) is 2.14. The minimum Gasteiger partial charge on any atom is -0.464 e. The van der Waals surface area contributed by atoms with Crippen molar-refractivity contribution < 1.29 is 9.53 Å². The SMILES string of the molecule is CCOC(=O)C(Nc1cccc(C)c1)C(C)CC. The number of nitrogens with one attached hydrogen (secondary N) is 1. The highest BCUT2D eigenvalue weighted by Gasteiger charge is 2.25. The van der Waals surface area contributed by atoms with Gasteiger partial charge in [-0.1, -0.05) is 32.4 Å². The van der Waals surface area contributed by atoms with E-state index in [1.807, 2.05) is 38.1 Å². The maximum atomic E-state index is 11.9. The van der Waals surface area contributed by atoms with Crippen LogP contribution in [0.1, 0.15) is 32.8 Å². The van der Waals surface area contributed by atoms with Crippen molar-refractivity contribution in [2.75, 3.05) is 11.9 Å². The van der Waals surface area contributed by atoms with Crippen LogP contribution in [0.3, 0.4) is 0 Å². The largest absolute Gasteiger partial charge is 0.464 e. The van der Waals surface area contributed by atoms with Crippen LogP contribution in [0.15, 0.2) is 24.3 Å². The van der Waals surface area contributed by atoms with E-state index in [1.54, 1.807) is 0 Å². The fourth-order valence-electron chi connectivity index (χ4n) is 1.82. The van der Waals surface area contributed by atoms with E-state index in [9.17, 15) is 4.79 Å². The van der Waals surface area contributed by atoms with Gasteiger partial charge in [-0.15, -0.1) is 0 Å². The van der Waals surface area contributed by atoms with Gasteiger partial charge < -0.3 is 10.1 Å². The molecule has 1 N–H and O–H groups in total. The van der Waals surface area contributed by atoms with E-state index in [-0.39, 0.29) is 17.9 Å². The third-order valence-electron chi connectivity index (χ3n) is 3.09. The Labute approximate surface area is 110 Å². The lowest BCUT2D eigenvalue weighted by Gasteiger charge is -2.23. The zero-order valence-corrected chi connectivity index (χ0v) is 11.7. The minimum atomic E-state index is -0.281. The Kier molecular flexibility index (Phi) is 5.69. The predicted molar refractivity (Wildman–Crippen MR) is 74.7 cm³/mol. The maximum Gasteiger partial charge on any atom is 0.328 e. The molecule has 0 saturated carbocycles. The number of carbonyl (C=O) groups excluding carboxylic acids is 1. The smallest absolute Gasteiger partial charge is 0.328 e. The zero-order chi connectivity index (χ0) is 13.5. The molecular weight excluding hydrogens is 226 g/mol. The molecule has 0 saturated heterocycles. The summed E-state index contributed by atoms with van der Waals surface area (Å²) in [5, 5.41) is 3.28. The van der Waals surface area contributed by atoms with Crippen LogP contribution in [0.2, 0.25) is 0 Å². The summed E-state index contributed by atoms with van der Waals surface area (Å²) >= 11 is 0. The van der Waals surface area contributed by atoms with E-state index in [2.05, 4.69) is 19.2 Å². The summed E-state index contributed by atoms with van der Waals surface area (Å²) in [4.78, 5) is 11.9. The van der Waals surface area contributed by atoms with Crippen LogP contribution in [-0.2, 0) is 9.53 Å². The van der Waals surface area contributed by atoms with Crippen molar-refractivity contribution in [1.29, 1.82) is 0 Å². The Morgan fingerprint density at radius 1 is 1.39 bits per heavy atom.